The Kier molecular flexibility index (Phi) is 10.6. The standard InChI is InChI=1S/C16H31N5OS/c1-5-14-13-20-15(23-14)7-9-19-16(17-2)18-8-6-10-21(3)11-12-22-4/h13H,5-12H2,1-4H3,(H2,17,18,19). The third kappa shape index (κ3) is 8.88. The van der Waals surface area contributed by atoms with E-state index in [2.05, 4.69) is 39.5 Å². The molecule has 0 fully saturated rings. The van der Waals surface area contributed by atoms with Gasteiger partial charge in [0.1, 0.15) is 0 Å². The molecule has 132 valence electrons. The van der Waals surface area contributed by atoms with Gasteiger partial charge in [0.15, 0.2) is 5.96 Å². The van der Waals surface area contributed by atoms with Gasteiger partial charge in [0.05, 0.1) is 11.6 Å². The van der Waals surface area contributed by atoms with Crippen LogP contribution in [0.5, 0.6) is 0 Å². The smallest absolute Gasteiger partial charge is 0.190 e. The van der Waals surface area contributed by atoms with Crippen molar-refractivity contribution in [2.45, 2.75) is 26.2 Å². The van der Waals surface area contributed by atoms with Crippen LogP contribution in [-0.4, -0.2) is 69.8 Å². The van der Waals surface area contributed by atoms with E-state index in [0.717, 1.165) is 58.0 Å². The molecule has 7 heteroatoms. The molecule has 0 aromatic carbocycles. The van der Waals surface area contributed by atoms with Crippen LogP contribution in [0.4, 0.5) is 0 Å². The molecule has 0 bridgehead atoms. The first-order valence-electron chi connectivity index (χ1n) is 8.25. The molecule has 2 N–H and O–H groups in total. The number of ether oxygens (including phenoxy) is 1. The number of methoxy groups -OCH3 is 1. The molecule has 0 unspecified atom stereocenters. The topological polar surface area (TPSA) is 61.8 Å². The maximum Gasteiger partial charge on any atom is 0.190 e. The van der Waals surface area contributed by atoms with Gasteiger partial charge in [-0.3, -0.25) is 4.99 Å². The van der Waals surface area contributed by atoms with Crippen molar-refractivity contribution >= 4 is 17.3 Å². The number of rotatable bonds is 11. The number of nitrogens with zero attached hydrogens (tertiary/aromatic N) is 3. The molecule has 1 heterocycles. The summed E-state index contributed by atoms with van der Waals surface area (Å²) in [5.41, 5.74) is 0. The lowest BCUT2D eigenvalue weighted by Crippen LogP contribution is -2.39. The van der Waals surface area contributed by atoms with Gasteiger partial charge in [-0.2, -0.15) is 0 Å². The van der Waals surface area contributed by atoms with Crippen LogP contribution in [0.2, 0.25) is 0 Å². The Labute approximate surface area is 144 Å². The fourth-order valence-electron chi connectivity index (χ4n) is 2.05. The van der Waals surface area contributed by atoms with Gasteiger partial charge >= 0.3 is 0 Å². The van der Waals surface area contributed by atoms with Gasteiger partial charge in [0.25, 0.3) is 0 Å². The summed E-state index contributed by atoms with van der Waals surface area (Å²) in [6.07, 6.45) is 5.05. The number of aliphatic imine (C=N–C) groups is 1. The predicted octanol–water partition coefficient (Wildman–Crippen LogP) is 1.38. The van der Waals surface area contributed by atoms with Gasteiger partial charge in [-0.25, -0.2) is 4.98 Å². The summed E-state index contributed by atoms with van der Waals surface area (Å²) in [5.74, 6) is 0.858. The van der Waals surface area contributed by atoms with Crippen LogP contribution in [0.1, 0.15) is 23.2 Å². The molecule has 0 aliphatic rings. The van der Waals surface area contributed by atoms with E-state index >= 15 is 0 Å². The molecule has 0 spiro atoms. The molecule has 0 saturated carbocycles. The van der Waals surface area contributed by atoms with Gasteiger partial charge in [-0.15, -0.1) is 11.3 Å². The highest BCUT2D eigenvalue weighted by Gasteiger charge is 2.02. The fraction of sp³-hybridized carbons (Fsp3) is 0.750. The van der Waals surface area contributed by atoms with Crippen molar-refractivity contribution in [3.63, 3.8) is 0 Å². The van der Waals surface area contributed by atoms with Crippen molar-refractivity contribution in [3.8, 4) is 0 Å². The Morgan fingerprint density at radius 3 is 2.78 bits per heavy atom. The van der Waals surface area contributed by atoms with Gasteiger partial charge in [0.2, 0.25) is 0 Å². The third-order valence-corrected chi connectivity index (χ3v) is 4.69. The van der Waals surface area contributed by atoms with Gasteiger partial charge in [0, 0.05) is 51.3 Å². The van der Waals surface area contributed by atoms with E-state index in [4.69, 9.17) is 4.74 Å². The number of hydrogen-bond acceptors (Lipinski definition) is 5. The molecule has 0 aliphatic heterocycles. The van der Waals surface area contributed by atoms with E-state index in [1.165, 1.54) is 9.88 Å². The highest BCUT2D eigenvalue weighted by atomic mass is 32.1. The zero-order valence-electron chi connectivity index (χ0n) is 14.9. The van der Waals surface area contributed by atoms with Crippen LogP contribution in [-0.2, 0) is 17.6 Å². The molecule has 0 radical (unpaired) electrons. The van der Waals surface area contributed by atoms with Crippen molar-refractivity contribution in [2.24, 2.45) is 4.99 Å². The SMILES string of the molecule is CCc1cnc(CCNC(=NC)NCCCN(C)CCOC)s1. The first-order chi connectivity index (χ1) is 11.2. The average Bonchev–Trinajstić information content (AvgIpc) is 3.03. The van der Waals surface area contributed by atoms with Crippen LogP contribution >= 0.6 is 11.3 Å². The second-order valence-electron chi connectivity index (χ2n) is 5.40. The second-order valence-corrected chi connectivity index (χ2v) is 6.60. The molecule has 23 heavy (non-hydrogen) atoms. The summed E-state index contributed by atoms with van der Waals surface area (Å²) in [6, 6.07) is 0. The van der Waals surface area contributed by atoms with Gasteiger partial charge in [-0.05, 0) is 26.4 Å². The average molecular weight is 342 g/mol. The number of hydrogen-bond donors (Lipinski definition) is 2. The first kappa shape index (κ1) is 19.9. The predicted molar refractivity (Wildman–Crippen MR) is 98.6 cm³/mol. The number of thiazole rings is 1. The number of likely N-dealkylation sites (N-methyl/N-ethyl adjacent to an activating group) is 1. The van der Waals surface area contributed by atoms with Crippen molar-refractivity contribution in [1.29, 1.82) is 0 Å². The Hall–Kier alpha value is -1.18. The largest absolute Gasteiger partial charge is 0.383 e. The van der Waals surface area contributed by atoms with E-state index in [-0.39, 0.29) is 0 Å². The highest BCUT2D eigenvalue weighted by Crippen LogP contribution is 2.13. The third-order valence-electron chi connectivity index (χ3n) is 3.49. The van der Waals surface area contributed by atoms with Crippen molar-refractivity contribution in [3.05, 3.63) is 16.1 Å². The maximum atomic E-state index is 5.07. The monoisotopic (exact) mass is 341 g/mol. The Balaban J connectivity index is 2.12. The van der Waals surface area contributed by atoms with Gasteiger partial charge in [-0.1, -0.05) is 6.92 Å². The maximum absolute atomic E-state index is 5.07. The lowest BCUT2D eigenvalue weighted by Gasteiger charge is -2.16. The summed E-state index contributed by atoms with van der Waals surface area (Å²) in [7, 11) is 5.66. The normalized spacial score (nSPS) is 12.0. The lowest BCUT2D eigenvalue weighted by molar-refractivity contribution is 0.161. The summed E-state index contributed by atoms with van der Waals surface area (Å²) in [5, 5.41) is 7.87. The molecule has 6 nitrogen and oxygen atoms in total. The Morgan fingerprint density at radius 1 is 1.35 bits per heavy atom. The van der Waals surface area contributed by atoms with E-state index < -0.39 is 0 Å². The number of aromatic nitrogens is 1. The van der Waals surface area contributed by atoms with Crippen molar-refractivity contribution in [1.82, 2.24) is 20.5 Å². The summed E-state index contributed by atoms with van der Waals surface area (Å²) < 4.78 is 5.07. The summed E-state index contributed by atoms with van der Waals surface area (Å²) in [4.78, 5) is 12.3. The van der Waals surface area contributed by atoms with Gasteiger partial charge < -0.3 is 20.3 Å². The molecular formula is C16H31N5OS. The Morgan fingerprint density at radius 2 is 2.13 bits per heavy atom. The number of guanidine groups is 1. The quantitative estimate of drug-likeness (QED) is 0.362. The molecular weight excluding hydrogens is 310 g/mol. The first-order valence-corrected chi connectivity index (χ1v) is 9.06. The molecule has 0 amide bonds. The molecule has 0 atom stereocenters. The molecule has 1 aromatic heterocycles. The zero-order chi connectivity index (χ0) is 16.9. The van der Waals surface area contributed by atoms with Crippen LogP contribution < -0.4 is 10.6 Å². The van der Waals surface area contributed by atoms with Crippen LogP contribution in [0, 0.1) is 0 Å². The molecule has 1 aromatic rings. The Bertz CT molecular complexity index is 449. The zero-order valence-corrected chi connectivity index (χ0v) is 15.7. The molecule has 0 saturated heterocycles. The van der Waals surface area contributed by atoms with E-state index in [0.29, 0.717) is 0 Å². The minimum absolute atomic E-state index is 0.781. The summed E-state index contributed by atoms with van der Waals surface area (Å²) >= 11 is 1.80. The molecule has 0 aliphatic carbocycles. The lowest BCUT2D eigenvalue weighted by atomic mass is 10.4. The van der Waals surface area contributed by atoms with Crippen LogP contribution in [0.15, 0.2) is 11.2 Å². The highest BCUT2D eigenvalue weighted by molar-refractivity contribution is 7.11. The van der Waals surface area contributed by atoms with Crippen molar-refractivity contribution < 1.29 is 4.74 Å². The van der Waals surface area contributed by atoms with Crippen LogP contribution in [0.3, 0.4) is 0 Å². The number of aryl methyl sites for hydroxylation is 1. The second kappa shape index (κ2) is 12.3. The molecule has 1 rings (SSSR count). The van der Waals surface area contributed by atoms with E-state index in [9.17, 15) is 0 Å². The fourth-order valence-corrected chi connectivity index (χ4v) is 2.91. The van der Waals surface area contributed by atoms with E-state index in [1.54, 1.807) is 25.5 Å². The van der Waals surface area contributed by atoms with Crippen LogP contribution in [0.25, 0.3) is 0 Å². The minimum atomic E-state index is 0.781. The van der Waals surface area contributed by atoms with E-state index in [1.807, 2.05) is 6.20 Å². The number of nitrogens with one attached hydrogen (secondary N) is 2. The van der Waals surface area contributed by atoms with Crippen molar-refractivity contribution in [2.75, 3.05) is 54.0 Å². The summed E-state index contributed by atoms with van der Waals surface area (Å²) in [6.45, 7) is 6.72. The minimum Gasteiger partial charge on any atom is -0.383 e.